The first-order valence-electron chi connectivity index (χ1n) is 11.6. The fourth-order valence-corrected chi connectivity index (χ4v) is 5.37. The zero-order valence-corrected chi connectivity index (χ0v) is 19.6. The number of likely N-dealkylation sites (tertiary alicyclic amines) is 1. The van der Waals surface area contributed by atoms with Crippen LogP contribution in [0.25, 0.3) is 5.69 Å². The summed E-state index contributed by atoms with van der Waals surface area (Å²) in [4.78, 5) is 14.5. The molecule has 2 unspecified atom stereocenters. The molecule has 2 atom stereocenters. The lowest BCUT2D eigenvalue weighted by Crippen LogP contribution is -2.43. The molecule has 3 aromatic rings. The lowest BCUT2D eigenvalue weighted by Gasteiger charge is -2.22. The molecule has 6 nitrogen and oxygen atoms in total. The highest BCUT2D eigenvalue weighted by Crippen LogP contribution is 2.34. The van der Waals surface area contributed by atoms with E-state index in [1.54, 1.807) is 28.9 Å². The molecule has 1 saturated heterocycles. The maximum atomic E-state index is 13.2. The first kappa shape index (κ1) is 23.7. The number of alkyl halides is 3. The molecule has 184 valence electrons. The quantitative estimate of drug-likeness (QED) is 0.505. The molecule has 2 aliphatic rings. The van der Waals surface area contributed by atoms with E-state index in [4.69, 9.17) is 16.7 Å². The van der Waals surface area contributed by atoms with Gasteiger partial charge in [0.05, 0.1) is 24.0 Å². The van der Waals surface area contributed by atoms with Gasteiger partial charge in [0, 0.05) is 29.6 Å². The van der Waals surface area contributed by atoms with Crippen LogP contribution in [0.4, 0.5) is 23.8 Å². The van der Waals surface area contributed by atoms with Crippen molar-refractivity contribution in [1.82, 2.24) is 20.0 Å². The Morgan fingerprint density at radius 2 is 1.80 bits per heavy atom. The van der Waals surface area contributed by atoms with Crippen LogP contribution in [0, 0.1) is 0 Å². The van der Waals surface area contributed by atoms with E-state index in [1.807, 2.05) is 30.3 Å². The van der Waals surface area contributed by atoms with E-state index in [1.165, 1.54) is 4.90 Å². The van der Waals surface area contributed by atoms with Crippen LogP contribution in [-0.2, 0) is 12.8 Å². The molecular weight excluding hydrogens is 479 g/mol. The van der Waals surface area contributed by atoms with Gasteiger partial charge in [-0.2, -0.15) is 18.3 Å². The van der Waals surface area contributed by atoms with Crippen molar-refractivity contribution in [3.8, 4) is 5.69 Å². The Labute approximate surface area is 206 Å². The number of amides is 2. The minimum atomic E-state index is -4.33. The monoisotopic (exact) mass is 503 g/mol. The molecule has 1 aliphatic carbocycles. The summed E-state index contributed by atoms with van der Waals surface area (Å²) in [5, 5.41) is 11.0. The van der Waals surface area contributed by atoms with Crippen LogP contribution in [0.3, 0.4) is 0 Å². The van der Waals surface area contributed by atoms with E-state index in [2.05, 4.69) is 10.6 Å². The van der Waals surface area contributed by atoms with E-state index in [0.717, 1.165) is 41.8 Å². The van der Waals surface area contributed by atoms with Gasteiger partial charge in [0.25, 0.3) is 0 Å². The SMILES string of the molecule is O=C(Nc1c2c(nn1-c1ccccc1)CCC2)NC1CN(CC(F)(F)F)CC1c1ccccc1Cl. The Kier molecular flexibility index (Phi) is 6.46. The molecule has 1 fully saturated rings. The van der Waals surface area contributed by atoms with Gasteiger partial charge in [-0.15, -0.1) is 0 Å². The average molecular weight is 504 g/mol. The summed E-state index contributed by atoms with van der Waals surface area (Å²) in [6.45, 7) is -0.827. The van der Waals surface area contributed by atoms with Crippen molar-refractivity contribution in [3.05, 3.63) is 76.4 Å². The third-order valence-electron chi connectivity index (χ3n) is 6.56. The molecule has 0 spiro atoms. The van der Waals surface area contributed by atoms with E-state index in [0.29, 0.717) is 10.8 Å². The Bertz CT molecular complexity index is 1210. The highest BCUT2D eigenvalue weighted by molar-refractivity contribution is 6.31. The molecule has 2 amide bonds. The number of aryl methyl sites for hydroxylation is 1. The standard InChI is InChI=1S/C25H25ClF3N5O/c26-20-11-5-4-9-17(20)19-13-33(15-25(27,28)29)14-22(19)30-24(35)31-23-18-10-6-12-21(18)32-34(23)16-7-2-1-3-8-16/h1-5,7-9,11,19,22H,6,10,12-15H2,(H2,30,31,35). The summed E-state index contributed by atoms with van der Waals surface area (Å²) in [7, 11) is 0. The highest BCUT2D eigenvalue weighted by Gasteiger charge is 2.41. The van der Waals surface area contributed by atoms with Crippen LogP contribution in [0.5, 0.6) is 0 Å². The molecule has 5 rings (SSSR count). The third kappa shape index (κ3) is 5.16. The average Bonchev–Trinajstić information content (AvgIpc) is 3.50. The summed E-state index contributed by atoms with van der Waals surface area (Å²) in [6, 6.07) is 15.6. The third-order valence-corrected chi connectivity index (χ3v) is 6.90. The maximum absolute atomic E-state index is 13.2. The number of aromatic nitrogens is 2. The first-order chi connectivity index (χ1) is 16.8. The zero-order chi connectivity index (χ0) is 24.6. The van der Waals surface area contributed by atoms with Crippen molar-refractivity contribution in [2.75, 3.05) is 25.0 Å². The minimum Gasteiger partial charge on any atom is -0.333 e. The van der Waals surface area contributed by atoms with Gasteiger partial charge < -0.3 is 5.32 Å². The number of hydrogen-bond donors (Lipinski definition) is 2. The van der Waals surface area contributed by atoms with Crippen LogP contribution in [0.15, 0.2) is 54.6 Å². The zero-order valence-electron chi connectivity index (χ0n) is 18.9. The van der Waals surface area contributed by atoms with E-state index in [9.17, 15) is 18.0 Å². The normalized spacial score (nSPS) is 20.1. The van der Waals surface area contributed by atoms with Gasteiger partial charge in [0.1, 0.15) is 5.82 Å². The van der Waals surface area contributed by atoms with E-state index >= 15 is 0 Å². The van der Waals surface area contributed by atoms with Gasteiger partial charge >= 0.3 is 12.2 Å². The second kappa shape index (κ2) is 9.54. The maximum Gasteiger partial charge on any atom is 0.401 e. The van der Waals surface area contributed by atoms with Gasteiger partial charge in [-0.25, -0.2) is 9.48 Å². The number of carbonyl (C=O) groups is 1. The number of rotatable bonds is 5. The molecule has 10 heteroatoms. The number of anilines is 1. The van der Waals surface area contributed by atoms with Gasteiger partial charge in [0.15, 0.2) is 0 Å². The highest BCUT2D eigenvalue weighted by atomic mass is 35.5. The van der Waals surface area contributed by atoms with Crippen molar-refractivity contribution in [2.24, 2.45) is 0 Å². The van der Waals surface area contributed by atoms with Crippen molar-refractivity contribution in [1.29, 1.82) is 0 Å². The summed E-state index contributed by atoms with van der Waals surface area (Å²) in [6.07, 6.45) is -1.71. The van der Waals surface area contributed by atoms with Crippen molar-refractivity contribution >= 4 is 23.4 Å². The lowest BCUT2D eigenvalue weighted by atomic mass is 9.94. The van der Waals surface area contributed by atoms with Gasteiger partial charge in [-0.1, -0.05) is 48.0 Å². The summed E-state index contributed by atoms with van der Waals surface area (Å²) in [5.74, 6) is 0.224. The predicted molar refractivity (Wildman–Crippen MR) is 128 cm³/mol. The molecule has 2 aromatic carbocycles. The number of nitrogens with zero attached hydrogens (tertiary/aromatic N) is 3. The van der Waals surface area contributed by atoms with Crippen molar-refractivity contribution in [2.45, 2.75) is 37.4 Å². The van der Waals surface area contributed by atoms with Crippen LogP contribution in [0.1, 0.15) is 29.2 Å². The number of urea groups is 1. The Hall–Kier alpha value is -3.04. The van der Waals surface area contributed by atoms with E-state index < -0.39 is 24.8 Å². The summed E-state index contributed by atoms with van der Waals surface area (Å²) < 4.78 is 41.1. The number of hydrogen-bond acceptors (Lipinski definition) is 3. The molecule has 0 radical (unpaired) electrons. The topological polar surface area (TPSA) is 62.2 Å². The van der Waals surface area contributed by atoms with E-state index in [-0.39, 0.29) is 19.0 Å². The Morgan fingerprint density at radius 1 is 1.06 bits per heavy atom. The molecule has 0 bridgehead atoms. The molecular formula is C25H25ClF3N5O. The van der Waals surface area contributed by atoms with Gasteiger partial charge in [0.2, 0.25) is 0 Å². The number of halogens is 4. The summed E-state index contributed by atoms with van der Waals surface area (Å²) in [5.41, 5.74) is 3.50. The molecule has 2 N–H and O–H groups in total. The van der Waals surface area contributed by atoms with Crippen LogP contribution in [0.2, 0.25) is 5.02 Å². The van der Waals surface area contributed by atoms with Crippen molar-refractivity contribution < 1.29 is 18.0 Å². The molecule has 1 aromatic heterocycles. The molecule has 1 aliphatic heterocycles. The van der Waals surface area contributed by atoms with Crippen molar-refractivity contribution in [3.63, 3.8) is 0 Å². The second-order valence-electron chi connectivity index (χ2n) is 9.02. The fraction of sp³-hybridized carbons (Fsp3) is 0.360. The fourth-order valence-electron chi connectivity index (χ4n) is 5.09. The van der Waals surface area contributed by atoms with Gasteiger partial charge in [-0.3, -0.25) is 10.2 Å². The van der Waals surface area contributed by atoms with Crippen LogP contribution >= 0.6 is 11.6 Å². The number of para-hydroxylation sites is 1. The summed E-state index contributed by atoms with van der Waals surface area (Å²) >= 11 is 6.37. The van der Waals surface area contributed by atoms with Crippen LogP contribution < -0.4 is 10.6 Å². The first-order valence-corrected chi connectivity index (χ1v) is 11.9. The van der Waals surface area contributed by atoms with Crippen LogP contribution in [-0.4, -0.2) is 52.6 Å². The smallest absolute Gasteiger partial charge is 0.333 e. The Morgan fingerprint density at radius 3 is 2.54 bits per heavy atom. The Balaban J connectivity index is 1.38. The number of nitrogens with one attached hydrogen (secondary N) is 2. The van der Waals surface area contributed by atoms with Gasteiger partial charge in [-0.05, 0) is 43.0 Å². The predicted octanol–water partition coefficient (Wildman–Crippen LogP) is 5.17. The molecule has 35 heavy (non-hydrogen) atoms. The number of benzene rings is 2. The number of carbonyl (C=O) groups excluding carboxylic acids is 1. The molecule has 0 saturated carbocycles. The minimum absolute atomic E-state index is 0.0683. The lowest BCUT2D eigenvalue weighted by molar-refractivity contribution is -0.143. The largest absolute Gasteiger partial charge is 0.401 e. The number of fused-ring (bicyclic) bond motifs is 1. The molecule has 2 heterocycles. The second-order valence-corrected chi connectivity index (χ2v) is 9.42.